The molecule has 2 aromatic carbocycles. The Kier molecular flexibility index (Phi) is 8.01. The summed E-state index contributed by atoms with van der Waals surface area (Å²) >= 11 is 0. The van der Waals surface area contributed by atoms with E-state index in [9.17, 15) is 4.79 Å². The number of piperazine rings is 1. The average molecular weight is 518 g/mol. The number of anilines is 5. The molecule has 3 heterocycles. The largest absolute Gasteiger partial charge is 0.529 e. The first kappa shape index (κ1) is 25.5. The number of amides is 1. The maximum absolute atomic E-state index is 11.7. The number of nitrogens with zero attached hydrogens (tertiary/aromatic N) is 3. The van der Waals surface area contributed by atoms with Crippen LogP contribution in [0.4, 0.5) is 28.7 Å². The van der Waals surface area contributed by atoms with Gasteiger partial charge in [-0.3, -0.25) is 4.79 Å². The third-order valence-corrected chi connectivity index (χ3v) is 6.69. The molecular weight excluding hydrogens is 482 g/mol. The molecule has 2 aliphatic heterocycles. The van der Waals surface area contributed by atoms with E-state index < -0.39 is 0 Å². The first-order valence-electron chi connectivity index (χ1n) is 12.9. The van der Waals surface area contributed by atoms with Crippen molar-refractivity contribution in [1.82, 2.24) is 4.90 Å². The Balaban J connectivity index is 1.35. The van der Waals surface area contributed by atoms with Crippen molar-refractivity contribution < 1.29 is 24.2 Å². The monoisotopic (exact) mass is 517 g/mol. The summed E-state index contributed by atoms with van der Waals surface area (Å²) in [6.07, 6.45) is 3.17. The van der Waals surface area contributed by atoms with Crippen LogP contribution in [-0.4, -0.2) is 70.3 Å². The van der Waals surface area contributed by atoms with Gasteiger partial charge in [-0.2, -0.15) is 10.3 Å². The fraction of sp³-hybridized carbons (Fsp3) is 0.321. The Morgan fingerprint density at radius 1 is 1.00 bits per heavy atom. The smallest absolute Gasteiger partial charge is 0.415 e. The van der Waals surface area contributed by atoms with Gasteiger partial charge in [-0.1, -0.05) is 12.6 Å². The molecule has 198 valence electrons. The van der Waals surface area contributed by atoms with Crippen molar-refractivity contribution >= 4 is 34.6 Å². The second-order valence-corrected chi connectivity index (χ2v) is 9.39. The van der Waals surface area contributed by atoms with Crippen LogP contribution in [0.3, 0.4) is 0 Å². The molecule has 0 unspecified atom stereocenters. The second kappa shape index (κ2) is 11.9. The van der Waals surface area contributed by atoms with Crippen LogP contribution < -0.4 is 35.1 Å². The predicted octanol–water partition coefficient (Wildman–Crippen LogP) is 2.56. The predicted molar refractivity (Wildman–Crippen MR) is 147 cm³/mol. The highest BCUT2D eigenvalue weighted by molar-refractivity contribution is 5.98. The lowest BCUT2D eigenvalue weighted by molar-refractivity contribution is -0.505. The third kappa shape index (κ3) is 6.39. The summed E-state index contributed by atoms with van der Waals surface area (Å²) < 4.78 is 11.9. The molecule has 4 N–H and O–H groups in total. The van der Waals surface area contributed by atoms with Crippen molar-refractivity contribution in [3.63, 3.8) is 0 Å². The van der Waals surface area contributed by atoms with Gasteiger partial charge in [0.15, 0.2) is 17.6 Å². The number of rotatable bonds is 8. The molecule has 0 atom stereocenters. The van der Waals surface area contributed by atoms with Crippen LogP contribution in [0.15, 0.2) is 67.4 Å². The molecule has 2 aliphatic rings. The minimum atomic E-state index is -0.276. The van der Waals surface area contributed by atoms with E-state index in [0.717, 1.165) is 50.6 Å². The Morgan fingerprint density at radius 3 is 2.50 bits per heavy atom. The highest BCUT2D eigenvalue weighted by Gasteiger charge is 2.26. The number of aromatic amines is 2. The van der Waals surface area contributed by atoms with E-state index in [1.54, 1.807) is 12.1 Å². The number of likely N-dealkylation sites (N-methyl/N-ethyl adjacent to an activating group) is 1. The fourth-order valence-electron chi connectivity index (χ4n) is 4.52. The van der Waals surface area contributed by atoms with E-state index in [0.29, 0.717) is 36.5 Å². The molecule has 2 fully saturated rings. The van der Waals surface area contributed by atoms with Gasteiger partial charge in [0.1, 0.15) is 5.75 Å². The molecule has 2 saturated heterocycles. The highest BCUT2D eigenvalue weighted by atomic mass is 16.5. The van der Waals surface area contributed by atoms with Gasteiger partial charge in [-0.25, -0.2) is 0 Å². The van der Waals surface area contributed by atoms with Gasteiger partial charge in [0.25, 0.3) is 0 Å². The van der Waals surface area contributed by atoms with Crippen LogP contribution in [0.2, 0.25) is 0 Å². The van der Waals surface area contributed by atoms with Crippen LogP contribution in [-0.2, 0) is 9.53 Å². The van der Waals surface area contributed by atoms with Crippen LogP contribution >= 0.6 is 0 Å². The standard InChI is InChI=1S/C28H33N7O3/c1-3-26(36)30-22-5-4-6-24(19-22)38-27-25(35-15-17-37-18-16-35)20-29-28(32-27)31-21-7-9-23(10-8-21)34-13-11-33(2)12-14-34/h3-10,19-20H,1,11-18H2,2H3,(H,30,36)(H,29,31,32)/p+2. The highest BCUT2D eigenvalue weighted by Crippen LogP contribution is 2.30. The summed E-state index contributed by atoms with van der Waals surface area (Å²) in [6, 6.07) is 15.7. The lowest BCUT2D eigenvalue weighted by atomic mass is 10.2. The lowest BCUT2D eigenvalue weighted by Crippen LogP contribution is -2.44. The zero-order valence-corrected chi connectivity index (χ0v) is 21.7. The quantitative estimate of drug-likeness (QED) is 0.443. The summed E-state index contributed by atoms with van der Waals surface area (Å²) in [7, 11) is 2.16. The molecule has 0 aliphatic carbocycles. The summed E-state index contributed by atoms with van der Waals surface area (Å²) in [5.74, 6) is 1.57. The number of H-pyrrole nitrogens is 2. The molecule has 1 aromatic heterocycles. The van der Waals surface area contributed by atoms with Crippen molar-refractivity contribution in [2.75, 3.05) is 80.0 Å². The van der Waals surface area contributed by atoms with Crippen LogP contribution in [0.1, 0.15) is 0 Å². The van der Waals surface area contributed by atoms with Crippen LogP contribution in [0, 0.1) is 0 Å². The van der Waals surface area contributed by atoms with Gasteiger partial charge in [-0.05, 0) is 49.5 Å². The molecule has 1 amide bonds. The van der Waals surface area contributed by atoms with Crippen LogP contribution in [0.25, 0.3) is 0 Å². The topological polar surface area (TPSA) is 97.6 Å². The van der Waals surface area contributed by atoms with Crippen molar-refractivity contribution in [2.45, 2.75) is 0 Å². The number of aromatic nitrogens is 2. The summed E-state index contributed by atoms with van der Waals surface area (Å²) in [6.45, 7) is 10.6. The van der Waals surface area contributed by atoms with Crippen molar-refractivity contribution in [1.29, 1.82) is 0 Å². The summed E-state index contributed by atoms with van der Waals surface area (Å²) in [4.78, 5) is 25.4. The van der Waals surface area contributed by atoms with E-state index in [-0.39, 0.29) is 5.91 Å². The zero-order valence-electron chi connectivity index (χ0n) is 21.7. The van der Waals surface area contributed by atoms with Crippen molar-refractivity contribution in [3.05, 3.63) is 67.4 Å². The lowest BCUT2D eigenvalue weighted by Gasteiger charge is -2.34. The number of hydrogen-bond donors (Lipinski definition) is 2. The summed E-state index contributed by atoms with van der Waals surface area (Å²) in [5, 5.41) is 6.19. The second-order valence-electron chi connectivity index (χ2n) is 9.39. The van der Waals surface area contributed by atoms with Gasteiger partial charge in [0.2, 0.25) is 5.91 Å². The van der Waals surface area contributed by atoms with Gasteiger partial charge >= 0.3 is 11.8 Å². The number of carbonyl (C=O) groups excluding carboxylic acids is 1. The molecule has 0 spiro atoms. The minimum Gasteiger partial charge on any atom is -0.415 e. The van der Waals surface area contributed by atoms with E-state index in [2.05, 4.69) is 73.2 Å². The number of ether oxygens (including phenoxy) is 2. The first-order chi connectivity index (χ1) is 18.6. The number of hydrogen-bond acceptors (Lipinski definition) is 7. The Bertz CT molecular complexity index is 1250. The number of morpholine rings is 1. The molecule has 0 saturated carbocycles. The van der Waals surface area contributed by atoms with Crippen molar-refractivity contribution in [2.24, 2.45) is 0 Å². The Labute approximate surface area is 222 Å². The SMILES string of the molecule is C=CC(=O)Nc1cccc(Oc2[nH+]c(Nc3ccc(N4CCN(C)CC4)cc3)[nH+]cc2N2CCOCC2)c1. The van der Waals surface area contributed by atoms with E-state index in [1.165, 1.54) is 11.8 Å². The average Bonchev–Trinajstić information content (AvgIpc) is 2.95. The molecule has 0 radical (unpaired) electrons. The van der Waals surface area contributed by atoms with E-state index >= 15 is 0 Å². The number of nitrogens with one attached hydrogen (secondary N) is 4. The first-order valence-corrected chi connectivity index (χ1v) is 12.9. The van der Waals surface area contributed by atoms with Crippen molar-refractivity contribution in [3.8, 4) is 11.6 Å². The maximum atomic E-state index is 11.7. The molecule has 38 heavy (non-hydrogen) atoms. The fourth-order valence-corrected chi connectivity index (χ4v) is 4.52. The van der Waals surface area contributed by atoms with Crippen LogP contribution in [0.5, 0.6) is 11.6 Å². The van der Waals surface area contributed by atoms with Gasteiger partial charge < -0.3 is 29.5 Å². The summed E-state index contributed by atoms with van der Waals surface area (Å²) in [5.41, 5.74) is 3.70. The number of benzene rings is 2. The molecular formula is C28H35N7O3+2. The van der Waals surface area contributed by atoms with E-state index in [4.69, 9.17) is 9.47 Å². The van der Waals surface area contributed by atoms with Gasteiger partial charge in [0.05, 0.1) is 13.2 Å². The Morgan fingerprint density at radius 2 is 1.76 bits per heavy atom. The molecule has 10 heteroatoms. The molecule has 5 rings (SSSR count). The van der Waals surface area contributed by atoms with Gasteiger partial charge in [-0.15, -0.1) is 4.98 Å². The Hall–Kier alpha value is -4.15. The molecule has 10 nitrogen and oxygen atoms in total. The molecule has 0 bridgehead atoms. The minimum absolute atomic E-state index is 0.276. The zero-order chi connectivity index (χ0) is 26.3. The van der Waals surface area contributed by atoms with Gasteiger partial charge in [0, 0.05) is 56.7 Å². The molecule has 3 aromatic rings. The third-order valence-electron chi connectivity index (χ3n) is 6.69. The number of carbonyl (C=O) groups is 1. The maximum Gasteiger partial charge on any atom is 0.529 e. The normalized spacial score (nSPS) is 16.1. The van der Waals surface area contributed by atoms with E-state index in [1.807, 2.05) is 18.3 Å².